The quantitative estimate of drug-likeness (QED) is 0.515. The molecule has 2 aromatic heterocycles. The first-order valence-electron chi connectivity index (χ1n) is 8.19. The number of carbonyl (C=O) groups is 1. The molecule has 0 amide bonds. The molecule has 0 atom stereocenters. The van der Waals surface area contributed by atoms with E-state index in [1.165, 1.54) is 0 Å². The predicted octanol–water partition coefficient (Wildman–Crippen LogP) is 4.63. The van der Waals surface area contributed by atoms with Gasteiger partial charge in [-0.3, -0.25) is 0 Å². The van der Waals surface area contributed by atoms with Crippen molar-refractivity contribution in [2.24, 2.45) is 0 Å². The largest absolute Gasteiger partial charge is 0.461 e. The predicted molar refractivity (Wildman–Crippen MR) is 98.4 cm³/mol. The van der Waals surface area contributed by atoms with Gasteiger partial charge in [0.2, 0.25) is 0 Å². The van der Waals surface area contributed by atoms with E-state index in [-0.39, 0.29) is 0 Å². The zero-order valence-electron chi connectivity index (χ0n) is 13.8. The summed E-state index contributed by atoms with van der Waals surface area (Å²) in [4.78, 5) is 21.7. The second-order valence-corrected chi connectivity index (χ2v) is 5.69. The Hall–Kier alpha value is -3.27. The van der Waals surface area contributed by atoms with Gasteiger partial charge in [-0.15, -0.1) is 0 Å². The second-order valence-electron chi connectivity index (χ2n) is 5.69. The lowest BCUT2D eigenvalue weighted by Gasteiger charge is -2.10. The highest BCUT2D eigenvalue weighted by molar-refractivity contribution is 5.99. The fourth-order valence-corrected chi connectivity index (χ4v) is 2.88. The molecule has 4 aromatic rings. The number of hydrogen-bond acceptors (Lipinski definition) is 4. The number of fused-ring (bicyclic) bond motifs is 2. The maximum absolute atomic E-state index is 12.4. The third-order valence-electron chi connectivity index (χ3n) is 4.07. The number of benzene rings is 2. The van der Waals surface area contributed by atoms with Gasteiger partial charge in [-0.1, -0.05) is 42.5 Å². The molecule has 0 N–H and O–H groups in total. The molecule has 4 nitrogen and oxygen atoms in total. The van der Waals surface area contributed by atoms with Crippen molar-refractivity contribution in [2.45, 2.75) is 6.92 Å². The molecule has 0 unspecified atom stereocenters. The van der Waals surface area contributed by atoms with Crippen molar-refractivity contribution in [3.63, 3.8) is 0 Å². The van der Waals surface area contributed by atoms with Crippen LogP contribution in [-0.2, 0) is 4.74 Å². The molecule has 0 aliphatic heterocycles. The van der Waals surface area contributed by atoms with Gasteiger partial charge in [-0.25, -0.2) is 14.8 Å². The molecular formula is C21H16N2O2. The number of carbonyl (C=O) groups excluding carboxylic acids is 1. The van der Waals surface area contributed by atoms with Crippen molar-refractivity contribution in [3.05, 3.63) is 72.4 Å². The average molecular weight is 328 g/mol. The van der Waals surface area contributed by atoms with Crippen molar-refractivity contribution in [1.82, 2.24) is 9.97 Å². The second kappa shape index (κ2) is 6.32. The van der Waals surface area contributed by atoms with Crippen molar-refractivity contribution in [2.75, 3.05) is 6.61 Å². The molecule has 2 aromatic carbocycles. The summed E-state index contributed by atoms with van der Waals surface area (Å²) in [6, 6.07) is 21.5. The summed E-state index contributed by atoms with van der Waals surface area (Å²) in [6.45, 7) is 2.09. The summed E-state index contributed by atoms with van der Waals surface area (Å²) in [5, 5.41) is 2.01. The van der Waals surface area contributed by atoms with E-state index in [0.29, 0.717) is 23.6 Å². The molecule has 122 valence electrons. The van der Waals surface area contributed by atoms with Gasteiger partial charge in [-0.2, -0.15) is 0 Å². The van der Waals surface area contributed by atoms with Gasteiger partial charge in [-0.05, 0) is 31.2 Å². The molecule has 0 aliphatic rings. The first-order chi connectivity index (χ1) is 12.3. The summed E-state index contributed by atoms with van der Waals surface area (Å²) < 4.78 is 5.20. The molecule has 25 heavy (non-hydrogen) atoms. The van der Waals surface area contributed by atoms with E-state index in [1.54, 1.807) is 6.92 Å². The molecule has 4 rings (SSSR count). The third-order valence-corrected chi connectivity index (χ3v) is 4.07. The highest BCUT2D eigenvalue weighted by Gasteiger charge is 2.18. The molecule has 0 fully saturated rings. The molecule has 0 radical (unpaired) electrons. The van der Waals surface area contributed by atoms with Gasteiger partial charge in [0.15, 0.2) is 5.69 Å². The molecule has 0 saturated heterocycles. The Morgan fingerprint density at radius 1 is 0.880 bits per heavy atom. The van der Waals surface area contributed by atoms with E-state index in [9.17, 15) is 4.79 Å². The van der Waals surface area contributed by atoms with Gasteiger partial charge in [0.25, 0.3) is 0 Å². The highest BCUT2D eigenvalue weighted by Crippen LogP contribution is 2.27. The van der Waals surface area contributed by atoms with E-state index in [0.717, 1.165) is 21.8 Å². The van der Waals surface area contributed by atoms with Crippen LogP contribution in [0.4, 0.5) is 0 Å². The van der Waals surface area contributed by atoms with E-state index >= 15 is 0 Å². The molecule has 0 aliphatic carbocycles. The van der Waals surface area contributed by atoms with Crippen LogP contribution in [0.3, 0.4) is 0 Å². The summed E-state index contributed by atoms with van der Waals surface area (Å²) >= 11 is 0. The molecular weight excluding hydrogens is 312 g/mol. The molecule has 0 saturated carbocycles. The highest BCUT2D eigenvalue weighted by atomic mass is 16.5. The first kappa shape index (κ1) is 15.3. The summed E-state index contributed by atoms with van der Waals surface area (Å²) in [5.41, 5.74) is 3.32. The molecule has 4 heteroatoms. The normalized spacial score (nSPS) is 10.9. The number of pyridine rings is 2. The van der Waals surface area contributed by atoms with Crippen LogP contribution in [0.15, 0.2) is 66.7 Å². The number of aromatic nitrogens is 2. The van der Waals surface area contributed by atoms with Crippen LogP contribution in [0.25, 0.3) is 33.1 Å². The Kier molecular flexibility index (Phi) is 3.86. The summed E-state index contributed by atoms with van der Waals surface area (Å²) in [5.74, 6) is -0.432. The fourth-order valence-electron chi connectivity index (χ4n) is 2.88. The van der Waals surface area contributed by atoms with Crippen molar-refractivity contribution in [1.29, 1.82) is 0 Å². The van der Waals surface area contributed by atoms with Gasteiger partial charge in [0, 0.05) is 16.3 Å². The topological polar surface area (TPSA) is 52.1 Å². The number of para-hydroxylation sites is 2. The lowest BCUT2D eigenvalue weighted by molar-refractivity contribution is 0.0521. The monoisotopic (exact) mass is 328 g/mol. The minimum atomic E-state index is -0.432. The van der Waals surface area contributed by atoms with Crippen LogP contribution in [0.2, 0.25) is 0 Å². The van der Waals surface area contributed by atoms with E-state index in [2.05, 4.69) is 4.98 Å². The molecule has 0 spiro atoms. The van der Waals surface area contributed by atoms with Crippen LogP contribution in [0, 0.1) is 0 Å². The average Bonchev–Trinajstić information content (AvgIpc) is 2.66. The van der Waals surface area contributed by atoms with Crippen LogP contribution in [0.1, 0.15) is 17.4 Å². The fraction of sp³-hybridized carbons (Fsp3) is 0.0952. The lowest BCUT2D eigenvalue weighted by atomic mass is 10.0. The van der Waals surface area contributed by atoms with E-state index in [1.807, 2.05) is 66.7 Å². The van der Waals surface area contributed by atoms with Crippen molar-refractivity contribution < 1.29 is 9.53 Å². The first-order valence-corrected chi connectivity index (χ1v) is 8.19. The van der Waals surface area contributed by atoms with Crippen LogP contribution < -0.4 is 0 Å². The van der Waals surface area contributed by atoms with Crippen LogP contribution in [0.5, 0.6) is 0 Å². The zero-order chi connectivity index (χ0) is 17.2. The standard InChI is InChI=1S/C21H16N2O2/c1-2-25-21(24)20-16(13-15-8-4-6-10-18(15)23-20)19-12-11-14-7-3-5-9-17(14)22-19/h3-13H,2H2,1H3. The Bertz CT molecular complexity index is 1090. The third kappa shape index (κ3) is 2.83. The van der Waals surface area contributed by atoms with E-state index in [4.69, 9.17) is 9.72 Å². The number of esters is 1. The Balaban J connectivity index is 1.96. The minimum Gasteiger partial charge on any atom is -0.461 e. The zero-order valence-corrected chi connectivity index (χ0v) is 13.8. The van der Waals surface area contributed by atoms with Gasteiger partial charge in [0.1, 0.15) is 0 Å². The smallest absolute Gasteiger partial charge is 0.357 e. The summed E-state index contributed by atoms with van der Waals surface area (Å²) in [7, 11) is 0. The minimum absolute atomic E-state index is 0.295. The number of nitrogens with zero attached hydrogens (tertiary/aromatic N) is 2. The maximum Gasteiger partial charge on any atom is 0.357 e. The Morgan fingerprint density at radius 3 is 2.32 bits per heavy atom. The van der Waals surface area contributed by atoms with Gasteiger partial charge < -0.3 is 4.74 Å². The Labute approximate surface area is 145 Å². The Morgan fingerprint density at radius 2 is 1.56 bits per heavy atom. The maximum atomic E-state index is 12.4. The number of hydrogen-bond donors (Lipinski definition) is 0. The SMILES string of the molecule is CCOC(=O)c1nc2ccccc2cc1-c1ccc2ccccc2n1. The van der Waals surface area contributed by atoms with Gasteiger partial charge >= 0.3 is 5.97 Å². The van der Waals surface area contributed by atoms with Crippen molar-refractivity contribution in [3.8, 4) is 11.3 Å². The number of rotatable bonds is 3. The lowest BCUT2D eigenvalue weighted by Crippen LogP contribution is -2.09. The van der Waals surface area contributed by atoms with E-state index < -0.39 is 5.97 Å². The van der Waals surface area contributed by atoms with Gasteiger partial charge in [0.05, 0.1) is 23.3 Å². The number of ether oxygens (including phenoxy) is 1. The molecule has 2 heterocycles. The summed E-state index contributed by atoms with van der Waals surface area (Å²) in [6.07, 6.45) is 0. The van der Waals surface area contributed by atoms with Crippen LogP contribution >= 0.6 is 0 Å². The van der Waals surface area contributed by atoms with Crippen LogP contribution in [-0.4, -0.2) is 22.5 Å². The molecule has 0 bridgehead atoms. The van der Waals surface area contributed by atoms with Crippen molar-refractivity contribution >= 4 is 27.8 Å².